The lowest BCUT2D eigenvalue weighted by atomic mass is 9.97. The van der Waals surface area contributed by atoms with E-state index in [-0.39, 0.29) is 11.1 Å². The van der Waals surface area contributed by atoms with Crippen molar-refractivity contribution in [2.24, 2.45) is 12.5 Å². The maximum atomic E-state index is 12.0. The molecule has 0 saturated heterocycles. The Balaban J connectivity index is 3.39. The fraction of sp³-hybridized carbons (Fsp3) is 0.583. The molecule has 0 amide bonds. The van der Waals surface area contributed by atoms with Crippen LogP contribution in [0.3, 0.4) is 0 Å². The Morgan fingerprint density at radius 3 is 2.38 bits per heavy atom. The fourth-order valence-electron chi connectivity index (χ4n) is 1.81. The minimum atomic E-state index is -0.00539. The van der Waals surface area contributed by atoms with Gasteiger partial charge in [-0.15, -0.1) is 0 Å². The average Bonchev–Trinajstić information content (AvgIpc) is 2.39. The number of nitrogens with one attached hydrogen (secondary N) is 1. The van der Waals surface area contributed by atoms with Crippen molar-refractivity contribution in [3.05, 3.63) is 22.8 Å². The Labute approximate surface area is 96.6 Å². The molecule has 0 spiro atoms. The topological polar surface area (TPSA) is 39.0 Å². The molecule has 1 heterocycles. The molecule has 16 heavy (non-hydrogen) atoms. The Hall–Kier alpha value is -1.45. The second kappa shape index (κ2) is 4.20. The van der Waals surface area contributed by atoms with Crippen molar-refractivity contribution in [2.75, 3.05) is 12.4 Å². The van der Waals surface area contributed by atoms with Crippen LogP contribution in [0.15, 0.2) is 11.4 Å². The summed E-state index contributed by atoms with van der Waals surface area (Å²) in [7, 11) is 3.57. The van der Waals surface area contributed by atoms with Crippen LogP contribution in [0, 0.1) is 5.41 Å². The van der Waals surface area contributed by atoms with Crippen molar-refractivity contribution in [3.8, 4) is 0 Å². The van der Waals surface area contributed by atoms with Crippen LogP contribution in [0.1, 0.15) is 26.5 Å². The van der Waals surface area contributed by atoms with E-state index in [2.05, 4.69) is 32.7 Å². The molecule has 4 heteroatoms. The monoisotopic (exact) mass is 223 g/mol. The van der Waals surface area contributed by atoms with E-state index < -0.39 is 0 Å². The summed E-state index contributed by atoms with van der Waals surface area (Å²) in [4.78, 5) is 12.0. The lowest BCUT2D eigenvalue weighted by molar-refractivity contribution is 0.336. The van der Waals surface area contributed by atoms with E-state index in [1.165, 1.54) is 0 Å². The third-order valence-corrected chi connectivity index (χ3v) is 2.45. The maximum absolute atomic E-state index is 12.0. The first-order valence-corrected chi connectivity index (χ1v) is 5.41. The predicted molar refractivity (Wildman–Crippen MR) is 68.8 cm³/mol. The Kier molecular flexibility index (Phi) is 3.31. The van der Waals surface area contributed by atoms with Crippen molar-refractivity contribution < 1.29 is 0 Å². The molecule has 90 valence electrons. The normalized spacial score (nSPS) is 11.6. The summed E-state index contributed by atoms with van der Waals surface area (Å²) in [6.07, 6.45) is 1.72. The molecule has 1 N–H and O–H groups in total. The highest BCUT2D eigenvalue weighted by Crippen LogP contribution is 2.20. The van der Waals surface area contributed by atoms with Crippen LogP contribution in [0.5, 0.6) is 0 Å². The van der Waals surface area contributed by atoms with Crippen molar-refractivity contribution in [2.45, 2.75) is 27.3 Å². The van der Waals surface area contributed by atoms with Crippen LogP contribution < -0.4 is 11.0 Å². The van der Waals surface area contributed by atoms with Gasteiger partial charge in [0.15, 0.2) is 0 Å². The summed E-state index contributed by atoms with van der Waals surface area (Å²) >= 11 is 0. The third kappa shape index (κ3) is 2.21. The molecule has 1 aromatic rings. The summed E-state index contributed by atoms with van der Waals surface area (Å²) in [6.45, 7) is 10.8. The van der Waals surface area contributed by atoms with E-state index in [9.17, 15) is 4.79 Å². The highest BCUT2D eigenvalue weighted by Gasteiger charge is 2.19. The molecule has 0 bridgehead atoms. The zero-order chi connectivity index (χ0) is 12.5. The predicted octanol–water partition coefficient (Wildman–Crippen LogP) is 1.92. The summed E-state index contributed by atoms with van der Waals surface area (Å²) in [5.74, 6) is 0.809. The zero-order valence-electron chi connectivity index (χ0n) is 10.8. The first-order chi connectivity index (χ1) is 7.31. The first kappa shape index (κ1) is 12.6. The summed E-state index contributed by atoms with van der Waals surface area (Å²) in [5.41, 5.74) is 0.910. The van der Waals surface area contributed by atoms with Gasteiger partial charge in [0.1, 0.15) is 5.82 Å². The van der Waals surface area contributed by atoms with Gasteiger partial charge in [-0.2, -0.15) is 0 Å². The molecule has 0 aliphatic carbocycles. The first-order valence-electron chi connectivity index (χ1n) is 5.41. The molecule has 0 aliphatic heterocycles. The number of nitrogens with zero attached hydrogens (tertiary/aromatic N) is 2. The van der Waals surface area contributed by atoms with Gasteiger partial charge < -0.3 is 5.32 Å². The van der Waals surface area contributed by atoms with Crippen molar-refractivity contribution >= 4 is 11.9 Å². The van der Waals surface area contributed by atoms with Gasteiger partial charge in [-0.25, -0.2) is 4.79 Å². The second-order valence-electron chi connectivity index (χ2n) is 5.18. The van der Waals surface area contributed by atoms with E-state index in [4.69, 9.17) is 0 Å². The van der Waals surface area contributed by atoms with Gasteiger partial charge in [0.25, 0.3) is 0 Å². The summed E-state index contributed by atoms with van der Waals surface area (Å²) in [5, 5.41) is 3.03. The van der Waals surface area contributed by atoms with Crippen LogP contribution in [0.2, 0.25) is 0 Å². The number of anilines is 1. The third-order valence-electron chi connectivity index (χ3n) is 2.45. The molecule has 0 aromatic carbocycles. The van der Waals surface area contributed by atoms with Crippen LogP contribution in [0.4, 0.5) is 5.82 Å². The molecule has 0 saturated carbocycles. The van der Waals surface area contributed by atoms with E-state index in [0.717, 1.165) is 11.5 Å². The fourth-order valence-corrected chi connectivity index (χ4v) is 1.81. The Morgan fingerprint density at radius 2 is 2.00 bits per heavy atom. The van der Waals surface area contributed by atoms with Crippen molar-refractivity contribution in [1.29, 1.82) is 0 Å². The van der Waals surface area contributed by atoms with Gasteiger partial charge in [-0.05, 0) is 11.5 Å². The van der Waals surface area contributed by atoms with Gasteiger partial charge in [0.2, 0.25) is 0 Å². The van der Waals surface area contributed by atoms with Gasteiger partial charge >= 0.3 is 5.69 Å². The molecule has 4 nitrogen and oxygen atoms in total. The average molecular weight is 223 g/mol. The molecular weight excluding hydrogens is 202 g/mol. The van der Waals surface area contributed by atoms with Crippen LogP contribution >= 0.6 is 0 Å². The standard InChI is InChI=1S/C12H21N3O/c1-7-9-10(13-5)14(6)11(16)15(9)8-12(2,3)4/h7,13H,1,8H2,2-6H3. The summed E-state index contributed by atoms with van der Waals surface area (Å²) in [6, 6.07) is 0. The molecule has 1 aromatic heterocycles. The van der Waals surface area contributed by atoms with Crippen LogP contribution in [-0.2, 0) is 13.6 Å². The van der Waals surface area contributed by atoms with E-state index in [1.807, 2.05) is 7.05 Å². The molecule has 1 rings (SSSR count). The molecular formula is C12H21N3O. The minimum absolute atomic E-state index is 0.00539. The number of hydrogen-bond acceptors (Lipinski definition) is 2. The number of imidazole rings is 1. The van der Waals surface area contributed by atoms with Gasteiger partial charge in [-0.1, -0.05) is 27.4 Å². The van der Waals surface area contributed by atoms with Crippen LogP contribution in [0.25, 0.3) is 6.08 Å². The molecule has 0 fully saturated rings. The molecule has 0 aliphatic rings. The lowest BCUT2D eigenvalue weighted by Crippen LogP contribution is -2.28. The highest BCUT2D eigenvalue weighted by atomic mass is 16.1. The van der Waals surface area contributed by atoms with E-state index in [1.54, 1.807) is 22.3 Å². The molecule has 0 radical (unpaired) electrons. The zero-order valence-corrected chi connectivity index (χ0v) is 10.8. The maximum Gasteiger partial charge on any atom is 0.330 e. The second-order valence-corrected chi connectivity index (χ2v) is 5.18. The largest absolute Gasteiger partial charge is 0.373 e. The number of hydrogen-bond donors (Lipinski definition) is 1. The lowest BCUT2D eigenvalue weighted by Gasteiger charge is -2.19. The van der Waals surface area contributed by atoms with Crippen molar-refractivity contribution in [3.63, 3.8) is 0 Å². The van der Waals surface area contributed by atoms with Gasteiger partial charge in [-0.3, -0.25) is 9.13 Å². The number of rotatable bonds is 3. The Morgan fingerprint density at radius 1 is 1.44 bits per heavy atom. The quantitative estimate of drug-likeness (QED) is 0.850. The van der Waals surface area contributed by atoms with Crippen molar-refractivity contribution in [1.82, 2.24) is 9.13 Å². The molecule has 0 unspecified atom stereocenters. The van der Waals surface area contributed by atoms with E-state index in [0.29, 0.717) is 6.54 Å². The van der Waals surface area contributed by atoms with E-state index >= 15 is 0 Å². The SMILES string of the molecule is C=Cc1c(NC)n(C)c(=O)n1CC(C)(C)C. The molecule has 0 atom stereocenters. The highest BCUT2D eigenvalue weighted by molar-refractivity contribution is 5.59. The number of aromatic nitrogens is 2. The van der Waals surface area contributed by atoms with Gasteiger partial charge in [0, 0.05) is 20.6 Å². The van der Waals surface area contributed by atoms with Gasteiger partial charge in [0.05, 0.1) is 5.69 Å². The smallest absolute Gasteiger partial charge is 0.330 e. The minimum Gasteiger partial charge on any atom is -0.373 e. The Bertz CT molecular complexity index is 446. The van der Waals surface area contributed by atoms with Crippen LogP contribution in [-0.4, -0.2) is 16.2 Å². The summed E-state index contributed by atoms with van der Waals surface area (Å²) < 4.78 is 3.38.